The van der Waals surface area contributed by atoms with E-state index in [-0.39, 0.29) is 0 Å². The molecule has 1 unspecified atom stereocenters. The fraction of sp³-hybridized carbons (Fsp3) is 0.545. The molecule has 0 saturated heterocycles. The minimum absolute atomic E-state index is 0.405. The third kappa shape index (κ3) is 3.54. The summed E-state index contributed by atoms with van der Waals surface area (Å²) in [5, 5.41) is 3.38. The van der Waals surface area contributed by atoms with Crippen LogP contribution in [-0.4, -0.2) is 16.9 Å². The van der Waals surface area contributed by atoms with Gasteiger partial charge in [-0.25, -0.2) is 4.98 Å². The monoisotopic (exact) mass is 212 g/mol. The molecule has 0 saturated carbocycles. The smallest absolute Gasteiger partial charge is 0.126 e. The lowest BCUT2D eigenvalue weighted by molar-refractivity contribution is 0.512. The lowest BCUT2D eigenvalue weighted by Crippen LogP contribution is -2.26. The molecule has 0 bridgehead atoms. The van der Waals surface area contributed by atoms with E-state index in [1.165, 1.54) is 0 Å². The molecule has 1 N–H and O–H groups in total. The molecular formula is C11H17ClN2. The van der Waals surface area contributed by atoms with E-state index in [0.29, 0.717) is 17.8 Å². The van der Waals surface area contributed by atoms with Crippen LogP contribution in [0.4, 0.5) is 5.82 Å². The second-order valence-electron chi connectivity index (χ2n) is 3.69. The minimum atomic E-state index is 0.405. The average Bonchev–Trinajstić information content (AvgIpc) is 2.18. The molecule has 1 heterocycles. The molecule has 0 radical (unpaired) electrons. The third-order valence-electron chi connectivity index (χ3n) is 2.22. The van der Waals surface area contributed by atoms with Crippen LogP contribution in [0, 0.1) is 5.92 Å². The predicted molar refractivity (Wildman–Crippen MR) is 61.8 cm³/mol. The van der Waals surface area contributed by atoms with Crippen LogP contribution in [-0.2, 0) is 0 Å². The fourth-order valence-corrected chi connectivity index (χ4v) is 1.56. The summed E-state index contributed by atoms with van der Waals surface area (Å²) in [5.74, 6) is 2.18. The topological polar surface area (TPSA) is 24.9 Å². The Morgan fingerprint density at radius 1 is 1.43 bits per heavy atom. The fourth-order valence-electron chi connectivity index (χ4n) is 1.33. The Balaban J connectivity index is 2.55. The van der Waals surface area contributed by atoms with Gasteiger partial charge in [0.2, 0.25) is 0 Å². The van der Waals surface area contributed by atoms with E-state index in [9.17, 15) is 0 Å². The number of halogens is 1. The van der Waals surface area contributed by atoms with Crippen molar-refractivity contribution >= 4 is 17.4 Å². The number of nitrogens with zero attached hydrogens (tertiary/aromatic N) is 1. The van der Waals surface area contributed by atoms with E-state index in [1.807, 2.05) is 18.2 Å². The molecule has 78 valence electrons. The van der Waals surface area contributed by atoms with Gasteiger partial charge in [0, 0.05) is 18.1 Å². The Kier molecular flexibility index (Phi) is 4.74. The van der Waals surface area contributed by atoms with Crippen LogP contribution in [0.15, 0.2) is 24.4 Å². The maximum Gasteiger partial charge on any atom is 0.126 e. The number of aromatic nitrogens is 1. The third-order valence-corrected chi connectivity index (χ3v) is 2.44. The highest BCUT2D eigenvalue weighted by molar-refractivity contribution is 6.17. The van der Waals surface area contributed by atoms with Gasteiger partial charge in [0.05, 0.1) is 0 Å². The summed E-state index contributed by atoms with van der Waals surface area (Å²) in [5.41, 5.74) is 0. The van der Waals surface area contributed by atoms with Crippen molar-refractivity contribution in [1.29, 1.82) is 0 Å². The van der Waals surface area contributed by atoms with Gasteiger partial charge in [0.1, 0.15) is 5.82 Å². The molecule has 1 aromatic rings. The zero-order valence-electron chi connectivity index (χ0n) is 8.70. The van der Waals surface area contributed by atoms with Gasteiger partial charge < -0.3 is 5.32 Å². The summed E-state index contributed by atoms with van der Waals surface area (Å²) in [6.07, 6.45) is 2.76. The quantitative estimate of drug-likeness (QED) is 0.759. The molecule has 3 heteroatoms. The second kappa shape index (κ2) is 5.86. The van der Waals surface area contributed by atoms with Gasteiger partial charge in [-0.1, -0.05) is 19.9 Å². The zero-order valence-corrected chi connectivity index (χ0v) is 9.46. The molecular weight excluding hydrogens is 196 g/mol. The molecule has 14 heavy (non-hydrogen) atoms. The summed E-state index contributed by atoms with van der Waals surface area (Å²) >= 11 is 5.75. The Morgan fingerprint density at radius 2 is 2.21 bits per heavy atom. The van der Waals surface area contributed by atoms with Gasteiger partial charge in [0.25, 0.3) is 0 Å². The van der Waals surface area contributed by atoms with Crippen molar-refractivity contribution in [2.24, 2.45) is 5.92 Å². The van der Waals surface area contributed by atoms with Gasteiger partial charge in [-0.05, 0) is 24.5 Å². The molecule has 1 aromatic heterocycles. The van der Waals surface area contributed by atoms with Crippen LogP contribution < -0.4 is 5.32 Å². The van der Waals surface area contributed by atoms with Crippen molar-refractivity contribution in [3.8, 4) is 0 Å². The highest BCUT2D eigenvalue weighted by Crippen LogP contribution is 2.13. The number of nitrogens with one attached hydrogen (secondary N) is 1. The predicted octanol–water partition coefficient (Wildman–Crippen LogP) is 3.15. The van der Waals surface area contributed by atoms with E-state index in [2.05, 4.69) is 24.1 Å². The average molecular weight is 213 g/mol. The Labute approximate surface area is 90.7 Å². The summed E-state index contributed by atoms with van der Waals surface area (Å²) in [6, 6.07) is 6.27. The first kappa shape index (κ1) is 11.3. The molecule has 0 aliphatic heterocycles. The lowest BCUT2D eigenvalue weighted by Gasteiger charge is -2.21. The van der Waals surface area contributed by atoms with Gasteiger partial charge in [-0.15, -0.1) is 11.6 Å². The largest absolute Gasteiger partial charge is 0.367 e. The highest BCUT2D eigenvalue weighted by Gasteiger charge is 2.12. The Morgan fingerprint density at radius 3 is 2.71 bits per heavy atom. The summed E-state index contributed by atoms with van der Waals surface area (Å²) < 4.78 is 0. The zero-order chi connectivity index (χ0) is 10.4. The van der Waals surface area contributed by atoms with Crippen LogP contribution in [0.2, 0.25) is 0 Å². The molecule has 0 fully saturated rings. The van der Waals surface area contributed by atoms with Crippen LogP contribution >= 0.6 is 11.6 Å². The molecule has 0 aliphatic carbocycles. The maximum atomic E-state index is 5.75. The van der Waals surface area contributed by atoms with Crippen LogP contribution in [0.3, 0.4) is 0 Å². The molecule has 0 spiro atoms. The summed E-state index contributed by atoms with van der Waals surface area (Å²) in [6.45, 7) is 4.38. The molecule has 0 amide bonds. The van der Waals surface area contributed by atoms with E-state index in [4.69, 9.17) is 11.6 Å². The first-order valence-electron chi connectivity index (χ1n) is 4.97. The van der Waals surface area contributed by atoms with Gasteiger partial charge in [0.15, 0.2) is 0 Å². The lowest BCUT2D eigenvalue weighted by atomic mass is 10.0. The second-order valence-corrected chi connectivity index (χ2v) is 4.07. The van der Waals surface area contributed by atoms with E-state index in [0.717, 1.165) is 12.2 Å². The van der Waals surface area contributed by atoms with Crippen molar-refractivity contribution in [2.75, 3.05) is 11.2 Å². The van der Waals surface area contributed by atoms with Crippen molar-refractivity contribution in [1.82, 2.24) is 4.98 Å². The molecule has 0 aromatic carbocycles. The molecule has 1 rings (SSSR count). The van der Waals surface area contributed by atoms with Gasteiger partial charge >= 0.3 is 0 Å². The van der Waals surface area contributed by atoms with Crippen molar-refractivity contribution in [3.63, 3.8) is 0 Å². The maximum absolute atomic E-state index is 5.75. The van der Waals surface area contributed by atoms with Gasteiger partial charge in [-0.3, -0.25) is 0 Å². The van der Waals surface area contributed by atoms with Gasteiger partial charge in [-0.2, -0.15) is 0 Å². The number of rotatable bonds is 5. The van der Waals surface area contributed by atoms with E-state index < -0.39 is 0 Å². The number of alkyl halides is 1. The minimum Gasteiger partial charge on any atom is -0.367 e. The number of hydrogen-bond donors (Lipinski definition) is 1. The van der Waals surface area contributed by atoms with E-state index in [1.54, 1.807) is 6.20 Å². The van der Waals surface area contributed by atoms with Crippen LogP contribution in [0.25, 0.3) is 0 Å². The summed E-state index contributed by atoms with van der Waals surface area (Å²) in [7, 11) is 0. The van der Waals surface area contributed by atoms with Crippen molar-refractivity contribution in [3.05, 3.63) is 24.4 Å². The van der Waals surface area contributed by atoms with Crippen molar-refractivity contribution in [2.45, 2.75) is 26.3 Å². The van der Waals surface area contributed by atoms with Crippen LogP contribution in [0.5, 0.6) is 0 Å². The standard InChI is InChI=1S/C11H17ClN2/c1-9(2)10(6-7-12)14-11-5-3-4-8-13-11/h3-5,8-10H,6-7H2,1-2H3,(H,13,14). The number of anilines is 1. The van der Waals surface area contributed by atoms with E-state index >= 15 is 0 Å². The molecule has 1 atom stereocenters. The summed E-state index contributed by atoms with van der Waals surface area (Å²) in [4.78, 5) is 4.23. The highest BCUT2D eigenvalue weighted by atomic mass is 35.5. The normalized spacial score (nSPS) is 12.9. The Bertz CT molecular complexity index is 249. The number of pyridine rings is 1. The van der Waals surface area contributed by atoms with Crippen molar-refractivity contribution < 1.29 is 0 Å². The first-order valence-corrected chi connectivity index (χ1v) is 5.51. The molecule has 0 aliphatic rings. The first-order chi connectivity index (χ1) is 6.74. The molecule has 2 nitrogen and oxygen atoms in total. The number of hydrogen-bond acceptors (Lipinski definition) is 2. The Hall–Kier alpha value is -0.760. The van der Waals surface area contributed by atoms with Crippen LogP contribution in [0.1, 0.15) is 20.3 Å². The SMILES string of the molecule is CC(C)C(CCCl)Nc1ccccn1.